The van der Waals surface area contributed by atoms with E-state index in [-0.39, 0.29) is 11.2 Å². The average Bonchev–Trinajstić information content (AvgIpc) is 2.91. The number of nitrogens with two attached hydrogens (primary N) is 1. The highest BCUT2D eigenvalue weighted by atomic mass is 79.9. The van der Waals surface area contributed by atoms with Crippen molar-refractivity contribution in [2.45, 2.75) is 10.8 Å². The summed E-state index contributed by atoms with van der Waals surface area (Å²) in [7, 11) is 0.396. The van der Waals surface area contributed by atoms with Crippen molar-refractivity contribution in [3.63, 3.8) is 0 Å². The zero-order chi connectivity index (χ0) is 13.8. The van der Waals surface area contributed by atoms with E-state index in [1.54, 1.807) is 7.05 Å². The van der Waals surface area contributed by atoms with Gasteiger partial charge in [0.15, 0.2) is 0 Å². The van der Waals surface area contributed by atoms with E-state index in [9.17, 15) is 4.21 Å². The van der Waals surface area contributed by atoms with Crippen LogP contribution in [0.2, 0.25) is 5.02 Å². The van der Waals surface area contributed by atoms with Crippen LogP contribution in [-0.4, -0.2) is 40.0 Å². The molecule has 9 heteroatoms. The third-order valence-corrected chi connectivity index (χ3v) is 7.28. The van der Waals surface area contributed by atoms with E-state index in [1.165, 1.54) is 15.6 Å². The second-order valence-corrected chi connectivity index (χ2v) is 8.91. The first kappa shape index (κ1) is 13.8. The number of guanidine groups is 1. The van der Waals surface area contributed by atoms with Gasteiger partial charge in [-0.25, -0.2) is 9.20 Å². The Bertz CT molecular complexity index is 593. The van der Waals surface area contributed by atoms with Crippen molar-refractivity contribution in [1.82, 2.24) is 4.31 Å². The van der Waals surface area contributed by atoms with Crippen LogP contribution in [0.5, 0.6) is 0 Å². The molecule has 1 aromatic rings. The summed E-state index contributed by atoms with van der Waals surface area (Å²) in [4.78, 5) is 5.41. The van der Waals surface area contributed by atoms with Gasteiger partial charge in [0.05, 0.1) is 26.9 Å². The number of ether oxygens (including phenoxy) is 1. The van der Waals surface area contributed by atoms with Gasteiger partial charge in [-0.05, 0) is 22.0 Å². The van der Waals surface area contributed by atoms with Crippen LogP contribution in [0.1, 0.15) is 4.88 Å². The Morgan fingerprint density at radius 1 is 1.79 bits per heavy atom. The van der Waals surface area contributed by atoms with Crippen molar-refractivity contribution in [3.8, 4) is 0 Å². The normalized spacial score (nSPS) is 34.3. The van der Waals surface area contributed by atoms with Crippen LogP contribution in [-0.2, 0) is 21.3 Å². The first-order chi connectivity index (χ1) is 8.95. The first-order valence-corrected chi connectivity index (χ1v) is 8.64. The summed E-state index contributed by atoms with van der Waals surface area (Å²) in [5.74, 6) is 0.251. The summed E-state index contributed by atoms with van der Waals surface area (Å²) in [6.45, 7) is 0.740. The van der Waals surface area contributed by atoms with E-state index < -0.39 is 16.5 Å². The van der Waals surface area contributed by atoms with Crippen LogP contribution >= 0.6 is 38.9 Å². The number of thiophene rings is 1. The molecule has 0 amide bonds. The molecule has 2 aliphatic heterocycles. The lowest BCUT2D eigenvalue weighted by Crippen LogP contribution is -2.53. The molecule has 1 aromatic heterocycles. The predicted octanol–water partition coefficient (Wildman–Crippen LogP) is 1.68. The van der Waals surface area contributed by atoms with Crippen molar-refractivity contribution in [1.29, 1.82) is 0 Å². The maximum atomic E-state index is 12.5. The molecule has 2 N–H and O–H groups in total. The molecule has 0 aromatic carbocycles. The van der Waals surface area contributed by atoms with Gasteiger partial charge >= 0.3 is 0 Å². The van der Waals surface area contributed by atoms with Crippen molar-refractivity contribution in [2.24, 2.45) is 10.7 Å². The minimum absolute atomic E-state index is 0.251. The Labute approximate surface area is 130 Å². The minimum atomic E-state index is -1.27. The topological polar surface area (TPSA) is 67.9 Å². The van der Waals surface area contributed by atoms with E-state index in [0.29, 0.717) is 18.2 Å². The van der Waals surface area contributed by atoms with E-state index in [2.05, 4.69) is 20.9 Å². The summed E-state index contributed by atoms with van der Waals surface area (Å²) in [5.41, 5.74) is 5.15. The molecule has 5 nitrogen and oxygen atoms in total. The third kappa shape index (κ3) is 1.96. The Morgan fingerprint density at radius 2 is 2.53 bits per heavy atom. The number of fused-ring (bicyclic) bond motifs is 1. The molecule has 0 radical (unpaired) electrons. The highest BCUT2D eigenvalue weighted by Crippen LogP contribution is 2.47. The lowest BCUT2D eigenvalue weighted by molar-refractivity contribution is 0.180. The molecule has 1 fully saturated rings. The molecule has 2 aliphatic rings. The lowest BCUT2D eigenvalue weighted by atomic mass is 9.96. The Morgan fingerprint density at radius 3 is 3.16 bits per heavy atom. The van der Waals surface area contributed by atoms with Crippen molar-refractivity contribution in [2.75, 3.05) is 20.3 Å². The molecule has 3 unspecified atom stereocenters. The molecule has 104 valence electrons. The second kappa shape index (κ2) is 4.70. The number of halogens is 2. The van der Waals surface area contributed by atoms with Gasteiger partial charge in [-0.15, -0.1) is 11.3 Å². The molecule has 0 spiro atoms. The molecule has 0 bridgehead atoms. The molecule has 1 saturated heterocycles. The second-order valence-electron chi connectivity index (χ2n) is 4.40. The van der Waals surface area contributed by atoms with Crippen molar-refractivity contribution < 1.29 is 8.95 Å². The van der Waals surface area contributed by atoms with Crippen LogP contribution in [0.15, 0.2) is 14.8 Å². The van der Waals surface area contributed by atoms with Gasteiger partial charge in [0.1, 0.15) is 21.8 Å². The van der Waals surface area contributed by atoms with Crippen LogP contribution in [0, 0.1) is 0 Å². The number of nitrogens with zero attached hydrogens (tertiary/aromatic N) is 2. The Balaban J connectivity index is 2.20. The van der Waals surface area contributed by atoms with Gasteiger partial charge in [-0.1, -0.05) is 11.6 Å². The molecular formula is C10H11BrClN3O2S2. The van der Waals surface area contributed by atoms with Crippen LogP contribution < -0.4 is 5.73 Å². The van der Waals surface area contributed by atoms with E-state index in [0.717, 1.165) is 8.66 Å². The standard InChI is InChI=1S/C10H11BrClN3O2S2/c1-15-9(13)14-10(4-17-3-6(10)19(15)16)8-5(12)2-7(11)18-8/h2,6H,3-4H2,1H3,(H2,13,14). The van der Waals surface area contributed by atoms with Gasteiger partial charge in [0.2, 0.25) is 5.96 Å². The average molecular weight is 385 g/mol. The van der Waals surface area contributed by atoms with E-state index in [1.807, 2.05) is 6.07 Å². The highest BCUT2D eigenvalue weighted by Gasteiger charge is 2.55. The fraction of sp³-hybridized carbons (Fsp3) is 0.500. The molecule has 3 atom stereocenters. The highest BCUT2D eigenvalue weighted by molar-refractivity contribution is 9.11. The molecule has 0 aliphatic carbocycles. The summed E-state index contributed by atoms with van der Waals surface area (Å²) in [5, 5.41) is 0.346. The summed E-state index contributed by atoms with van der Waals surface area (Å²) >= 11 is 11.2. The number of aliphatic imine (C=N–C) groups is 1. The van der Waals surface area contributed by atoms with Crippen LogP contribution in [0.25, 0.3) is 0 Å². The van der Waals surface area contributed by atoms with Gasteiger partial charge in [-0.2, -0.15) is 0 Å². The summed E-state index contributed by atoms with van der Waals surface area (Å²) in [6.07, 6.45) is 0. The SMILES string of the molecule is CN1C(N)=NC2(c3sc(Br)cc3Cl)COCC2S1=O. The van der Waals surface area contributed by atoms with Gasteiger partial charge in [0.25, 0.3) is 0 Å². The molecule has 3 rings (SSSR count). The molecule has 0 saturated carbocycles. The zero-order valence-electron chi connectivity index (χ0n) is 9.93. The predicted molar refractivity (Wildman–Crippen MR) is 80.8 cm³/mol. The van der Waals surface area contributed by atoms with Crippen molar-refractivity contribution in [3.05, 3.63) is 19.8 Å². The summed E-state index contributed by atoms with van der Waals surface area (Å²) in [6, 6.07) is 1.82. The van der Waals surface area contributed by atoms with Gasteiger partial charge in [0, 0.05) is 7.05 Å². The first-order valence-electron chi connectivity index (χ1n) is 5.48. The van der Waals surface area contributed by atoms with E-state index in [4.69, 9.17) is 22.1 Å². The number of hydrogen-bond acceptors (Lipinski definition) is 5. The van der Waals surface area contributed by atoms with Crippen LogP contribution in [0.3, 0.4) is 0 Å². The summed E-state index contributed by atoms with van der Waals surface area (Å²) < 4.78 is 20.4. The van der Waals surface area contributed by atoms with Gasteiger partial charge < -0.3 is 10.5 Å². The van der Waals surface area contributed by atoms with E-state index >= 15 is 0 Å². The molecule has 3 heterocycles. The number of hydrogen-bond donors (Lipinski definition) is 1. The monoisotopic (exact) mass is 383 g/mol. The Hall–Kier alpha value is -0.150. The molecule has 19 heavy (non-hydrogen) atoms. The third-order valence-electron chi connectivity index (χ3n) is 3.32. The smallest absolute Gasteiger partial charge is 0.204 e. The maximum absolute atomic E-state index is 12.5. The fourth-order valence-electron chi connectivity index (χ4n) is 2.34. The fourth-order valence-corrected chi connectivity index (χ4v) is 6.06. The maximum Gasteiger partial charge on any atom is 0.204 e. The zero-order valence-corrected chi connectivity index (χ0v) is 13.9. The van der Waals surface area contributed by atoms with Crippen molar-refractivity contribution >= 4 is 55.8 Å². The van der Waals surface area contributed by atoms with Gasteiger partial charge in [-0.3, -0.25) is 4.31 Å². The van der Waals surface area contributed by atoms with Crippen LogP contribution in [0.4, 0.5) is 0 Å². The molecular weight excluding hydrogens is 374 g/mol. The Kier molecular flexibility index (Phi) is 3.41. The quantitative estimate of drug-likeness (QED) is 0.801. The largest absolute Gasteiger partial charge is 0.377 e. The lowest BCUT2D eigenvalue weighted by Gasteiger charge is -2.36. The minimum Gasteiger partial charge on any atom is -0.377 e. The number of rotatable bonds is 1.